The van der Waals surface area contributed by atoms with Crippen molar-refractivity contribution in [3.05, 3.63) is 57.5 Å². The smallest absolute Gasteiger partial charge is 0.249 e. The summed E-state index contributed by atoms with van der Waals surface area (Å²) in [6.45, 7) is 0. The Morgan fingerprint density at radius 2 is 1.65 bits per heavy atom. The highest BCUT2D eigenvalue weighted by Gasteiger charge is 2.07. The van der Waals surface area contributed by atoms with Gasteiger partial charge in [-0.15, -0.1) is 0 Å². The lowest BCUT2D eigenvalue weighted by Crippen LogP contribution is -2.11. The van der Waals surface area contributed by atoms with Crippen LogP contribution in [0, 0.1) is 0 Å². The summed E-state index contributed by atoms with van der Waals surface area (Å²) in [6, 6.07) is 12.9. The number of primary amides is 1. The normalized spacial score (nSPS) is 10.2. The molecule has 0 aliphatic rings. The zero-order valence-electron chi connectivity index (χ0n) is 8.78. The number of benzene rings is 2. The lowest BCUT2D eigenvalue weighted by atomic mass is 10.0. The Bertz CT molecular complexity index is 566. The van der Waals surface area contributed by atoms with E-state index in [1.165, 1.54) is 0 Å². The van der Waals surface area contributed by atoms with Crippen molar-refractivity contribution in [2.45, 2.75) is 0 Å². The maximum atomic E-state index is 11.1. The molecular formula is C13H9BrClNO. The second-order valence-electron chi connectivity index (χ2n) is 3.57. The van der Waals surface area contributed by atoms with Crippen LogP contribution in [-0.4, -0.2) is 5.91 Å². The summed E-state index contributed by atoms with van der Waals surface area (Å²) in [5.74, 6) is -0.445. The van der Waals surface area contributed by atoms with Crippen molar-refractivity contribution in [3.8, 4) is 11.1 Å². The van der Waals surface area contributed by atoms with Crippen LogP contribution in [0.15, 0.2) is 46.9 Å². The summed E-state index contributed by atoms with van der Waals surface area (Å²) in [7, 11) is 0. The van der Waals surface area contributed by atoms with Crippen LogP contribution in [0.4, 0.5) is 0 Å². The van der Waals surface area contributed by atoms with Gasteiger partial charge in [0.1, 0.15) is 0 Å². The highest BCUT2D eigenvalue weighted by molar-refractivity contribution is 9.10. The van der Waals surface area contributed by atoms with Gasteiger partial charge in [0.25, 0.3) is 0 Å². The van der Waals surface area contributed by atoms with Crippen molar-refractivity contribution in [2.75, 3.05) is 0 Å². The molecule has 2 rings (SSSR count). The predicted molar refractivity (Wildman–Crippen MR) is 73.1 cm³/mol. The third kappa shape index (κ3) is 2.68. The number of carbonyl (C=O) groups excluding carboxylic acids is 1. The highest BCUT2D eigenvalue weighted by Crippen LogP contribution is 2.26. The second-order valence-corrected chi connectivity index (χ2v) is 4.86. The summed E-state index contributed by atoms with van der Waals surface area (Å²) in [5.41, 5.74) is 7.74. The molecule has 2 aromatic carbocycles. The van der Waals surface area contributed by atoms with Gasteiger partial charge in [0.2, 0.25) is 5.91 Å². The number of hydrogen-bond donors (Lipinski definition) is 1. The minimum Gasteiger partial charge on any atom is -0.366 e. The van der Waals surface area contributed by atoms with E-state index in [1.54, 1.807) is 6.07 Å². The minimum atomic E-state index is -0.445. The molecule has 0 saturated heterocycles. The molecule has 0 unspecified atom stereocenters. The molecule has 86 valence electrons. The summed E-state index contributed by atoms with van der Waals surface area (Å²) in [4.78, 5) is 11.1. The van der Waals surface area contributed by atoms with Crippen LogP contribution in [0.1, 0.15) is 10.4 Å². The van der Waals surface area contributed by atoms with E-state index in [0.29, 0.717) is 15.1 Å². The van der Waals surface area contributed by atoms with Crippen LogP contribution in [-0.2, 0) is 0 Å². The molecule has 2 N–H and O–H groups in total. The minimum absolute atomic E-state index is 0.445. The summed E-state index contributed by atoms with van der Waals surface area (Å²) in [5, 5.41) is 0.696. The van der Waals surface area contributed by atoms with Gasteiger partial charge in [0, 0.05) is 9.50 Å². The monoisotopic (exact) mass is 309 g/mol. The van der Waals surface area contributed by atoms with Gasteiger partial charge >= 0.3 is 0 Å². The fraction of sp³-hybridized carbons (Fsp3) is 0. The molecule has 2 nitrogen and oxygen atoms in total. The lowest BCUT2D eigenvalue weighted by Gasteiger charge is -2.05. The van der Waals surface area contributed by atoms with Gasteiger partial charge in [-0.1, -0.05) is 29.8 Å². The highest BCUT2D eigenvalue weighted by atomic mass is 79.9. The van der Waals surface area contributed by atoms with Crippen molar-refractivity contribution >= 4 is 33.4 Å². The molecule has 0 aliphatic heterocycles. The number of rotatable bonds is 2. The first-order chi connectivity index (χ1) is 8.08. The summed E-state index contributed by atoms with van der Waals surface area (Å²) >= 11 is 9.16. The van der Waals surface area contributed by atoms with Crippen LogP contribution < -0.4 is 5.73 Å². The van der Waals surface area contributed by atoms with Crippen molar-refractivity contribution in [3.63, 3.8) is 0 Å². The fourth-order valence-corrected chi connectivity index (χ4v) is 2.24. The van der Waals surface area contributed by atoms with Gasteiger partial charge in [-0.3, -0.25) is 4.79 Å². The SMILES string of the molecule is NC(=O)c1ccc(-c2ccc(Cl)cc2)cc1Br. The van der Waals surface area contributed by atoms with Gasteiger partial charge in [0.05, 0.1) is 5.56 Å². The van der Waals surface area contributed by atoms with Gasteiger partial charge in [-0.2, -0.15) is 0 Å². The molecule has 2 aromatic rings. The van der Waals surface area contributed by atoms with Crippen LogP contribution in [0.3, 0.4) is 0 Å². The maximum Gasteiger partial charge on any atom is 0.249 e. The van der Waals surface area contributed by atoms with E-state index in [4.69, 9.17) is 17.3 Å². The van der Waals surface area contributed by atoms with Gasteiger partial charge in [-0.05, 0) is 51.3 Å². The first-order valence-corrected chi connectivity index (χ1v) is 6.10. The maximum absolute atomic E-state index is 11.1. The molecule has 0 spiro atoms. The van der Waals surface area contributed by atoms with E-state index >= 15 is 0 Å². The molecule has 0 heterocycles. The van der Waals surface area contributed by atoms with Crippen LogP contribution in [0.2, 0.25) is 5.02 Å². The number of carbonyl (C=O) groups is 1. The third-order valence-corrected chi connectivity index (χ3v) is 3.32. The molecule has 4 heteroatoms. The topological polar surface area (TPSA) is 43.1 Å². The third-order valence-electron chi connectivity index (χ3n) is 2.41. The van der Waals surface area contributed by atoms with Gasteiger partial charge < -0.3 is 5.73 Å². The van der Waals surface area contributed by atoms with Crippen LogP contribution >= 0.6 is 27.5 Å². The largest absolute Gasteiger partial charge is 0.366 e. The van der Waals surface area contributed by atoms with Crippen LogP contribution in [0.5, 0.6) is 0 Å². The fourth-order valence-electron chi connectivity index (χ4n) is 1.54. The molecule has 0 fully saturated rings. The average Bonchev–Trinajstić information content (AvgIpc) is 2.29. The number of halogens is 2. The van der Waals surface area contributed by atoms with Crippen molar-refractivity contribution in [1.82, 2.24) is 0 Å². The quantitative estimate of drug-likeness (QED) is 0.899. The van der Waals surface area contributed by atoms with Crippen LogP contribution in [0.25, 0.3) is 11.1 Å². The Balaban J connectivity index is 2.44. The Morgan fingerprint density at radius 1 is 1.06 bits per heavy atom. The van der Waals surface area contributed by atoms with E-state index in [2.05, 4.69) is 15.9 Å². The number of hydrogen-bond acceptors (Lipinski definition) is 1. The number of amides is 1. The van der Waals surface area contributed by atoms with E-state index < -0.39 is 5.91 Å². The zero-order valence-corrected chi connectivity index (χ0v) is 11.1. The zero-order chi connectivity index (χ0) is 12.4. The van der Waals surface area contributed by atoms with E-state index in [-0.39, 0.29) is 0 Å². The molecule has 1 amide bonds. The predicted octanol–water partition coefficient (Wildman–Crippen LogP) is 3.87. The Hall–Kier alpha value is -1.32. The number of nitrogens with two attached hydrogens (primary N) is 1. The van der Waals surface area contributed by atoms with E-state index in [0.717, 1.165) is 11.1 Å². The second kappa shape index (κ2) is 4.90. The van der Waals surface area contributed by atoms with Crippen molar-refractivity contribution in [2.24, 2.45) is 5.73 Å². The molecule has 0 radical (unpaired) electrons. The molecule has 0 aromatic heterocycles. The van der Waals surface area contributed by atoms with Gasteiger partial charge in [-0.25, -0.2) is 0 Å². The summed E-state index contributed by atoms with van der Waals surface area (Å²) < 4.78 is 0.692. The van der Waals surface area contributed by atoms with Gasteiger partial charge in [0.15, 0.2) is 0 Å². The molecule has 0 bridgehead atoms. The first-order valence-electron chi connectivity index (χ1n) is 4.93. The molecule has 0 atom stereocenters. The molecule has 0 saturated carbocycles. The Kier molecular flexibility index (Phi) is 3.50. The molecule has 0 aliphatic carbocycles. The lowest BCUT2D eigenvalue weighted by molar-refractivity contribution is 0.0999. The van der Waals surface area contributed by atoms with E-state index in [1.807, 2.05) is 36.4 Å². The average molecular weight is 311 g/mol. The Morgan fingerprint density at radius 3 is 2.18 bits per heavy atom. The molecular weight excluding hydrogens is 302 g/mol. The molecule has 17 heavy (non-hydrogen) atoms. The van der Waals surface area contributed by atoms with E-state index in [9.17, 15) is 4.79 Å². The van der Waals surface area contributed by atoms with Crippen molar-refractivity contribution < 1.29 is 4.79 Å². The Labute approximate surface area is 113 Å². The first kappa shape index (κ1) is 12.1. The standard InChI is InChI=1S/C13H9BrClNO/c14-12-7-9(3-6-11(12)13(16)17)8-1-4-10(15)5-2-8/h1-7H,(H2,16,17). The van der Waals surface area contributed by atoms with Crippen molar-refractivity contribution in [1.29, 1.82) is 0 Å². The summed E-state index contributed by atoms with van der Waals surface area (Å²) in [6.07, 6.45) is 0.